The van der Waals surface area contributed by atoms with E-state index in [1.165, 1.54) is 13.2 Å². The average Bonchev–Trinajstić information content (AvgIpc) is 2.39. The van der Waals surface area contributed by atoms with Gasteiger partial charge in [-0.1, -0.05) is 35.0 Å². The van der Waals surface area contributed by atoms with E-state index in [2.05, 4.69) is 14.4 Å². The Morgan fingerprint density at radius 1 is 1.28 bits per heavy atom. The molecule has 0 aliphatic heterocycles. The van der Waals surface area contributed by atoms with E-state index in [0.29, 0.717) is 5.69 Å². The van der Waals surface area contributed by atoms with E-state index in [-0.39, 0.29) is 5.56 Å². The molecule has 5 nitrogen and oxygen atoms in total. The zero-order chi connectivity index (χ0) is 13.1. The van der Waals surface area contributed by atoms with Gasteiger partial charge in [-0.25, -0.2) is 9.59 Å². The van der Waals surface area contributed by atoms with Crippen molar-refractivity contribution in [2.75, 3.05) is 7.11 Å². The van der Waals surface area contributed by atoms with Crippen LogP contribution >= 0.6 is 0 Å². The van der Waals surface area contributed by atoms with E-state index < -0.39 is 11.6 Å². The number of aromatic nitrogens is 1. The number of carbonyl (C=O) groups excluding carboxylic acids is 1. The fraction of sp³-hybridized carbons (Fsp3) is 0.154. The van der Waals surface area contributed by atoms with Crippen molar-refractivity contribution >= 4 is 5.97 Å². The molecule has 0 aliphatic rings. The lowest BCUT2D eigenvalue weighted by Crippen LogP contribution is -2.16. The largest absolute Gasteiger partial charge is 0.465 e. The molecule has 2 rings (SSSR count). The number of ether oxygens (including phenoxy) is 1. The van der Waals surface area contributed by atoms with Gasteiger partial charge < -0.3 is 9.26 Å². The van der Waals surface area contributed by atoms with Gasteiger partial charge in [-0.15, -0.1) is 0 Å². The SMILES string of the molecule is COC(=O)c1cc(-c2ccc(C)cc2)noc1=O. The second-order valence-electron chi connectivity index (χ2n) is 3.77. The third-order valence-corrected chi connectivity index (χ3v) is 2.48. The van der Waals surface area contributed by atoms with Crippen molar-refractivity contribution in [3.8, 4) is 11.3 Å². The number of benzene rings is 1. The maximum atomic E-state index is 11.4. The number of methoxy groups -OCH3 is 1. The molecule has 0 radical (unpaired) electrons. The van der Waals surface area contributed by atoms with Gasteiger partial charge in [0.15, 0.2) is 0 Å². The first kappa shape index (κ1) is 12.0. The van der Waals surface area contributed by atoms with Gasteiger partial charge in [-0.3, -0.25) is 0 Å². The molecular weight excluding hydrogens is 234 g/mol. The number of aryl methyl sites for hydroxylation is 1. The molecule has 1 aromatic carbocycles. The highest BCUT2D eigenvalue weighted by atomic mass is 16.5. The first-order valence-corrected chi connectivity index (χ1v) is 5.28. The summed E-state index contributed by atoms with van der Waals surface area (Å²) in [5.41, 5.74) is 1.30. The fourth-order valence-corrected chi connectivity index (χ4v) is 1.47. The molecule has 0 saturated carbocycles. The summed E-state index contributed by atoms with van der Waals surface area (Å²) in [6.07, 6.45) is 0. The lowest BCUT2D eigenvalue weighted by atomic mass is 10.1. The summed E-state index contributed by atoms with van der Waals surface area (Å²) in [6.45, 7) is 1.96. The van der Waals surface area contributed by atoms with Crippen LogP contribution in [0.3, 0.4) is 0 Å². The minimum atomic E-state index is -0.808. The van der Waals surface area contributed by atoms with E-state index in [4.69, 9.17) is 0 Å². The number of nitrogens with zero attached hydrogens (tertiary/aromatic N) is 1. The highest BCUT2D eigenvalue weighted by Crippen LogP contribution is 2.17. The van der Waals surface area contributed by atoms with Crippen LogP contribution in [0.1, 0.15) is 15.9 Å². The Morgan fingerprint density at radius 2 is 1.94 bits per heavy atom. The average molecular weight is 245 g/mol. The Bertz CT molecular complexity index is 628. The zero-order valence-corrected chi connectivity index (χ0v) is 9.97. The van der Waals surface area contributed by atoms with Crippen molar-refractivity contribution in [3.05, 3.63) is 51.9 Å². The molecule has 1 heterocycles. The lowest BCUT2D eigenvalue weighted by Gasteiger charge is -2.01. The van der Waals surface area contributed by atoms with Gasteiger partial charge in [0.05, 0.1) is 7.11 Å². The molecule has 1 aromatic heterocycles. The molecule has 5 heteroatoms. The Kier molecular flexibility index (Phi) is 3.23. The Balaban J connectivity index is 2.50. The van der Waals surface area contributed by atoms with Gasteiger partial charge in [0.2, 0.25) is 0 Å². The van der Waals surface area contributed by atoms with Crippen molar-refractivity contribution in [1.29, 1.82) is 0 Å². The third-order valence-electron chi connectivity index (χ3n) is 2.48. The minimum Gasteiger partial charge on any atom is -0.465 e. The molecular formula is C13H11NO4. The quantitative estimate of drug-likeness (QED) is 0.754. The van der Waals surface area contributed by atoms with Crippen LogP contribution in [0.4, 0.5) is 0 Å². The zero-order valence-electron chi connectivity index (χ0n) is 9.97. The second kappa shape index (κ2) is 4.83. The van der Waals surface area contributed by atoms with Gasteiger partial charge in [0.25, 0.3) is 0 Å². The first-order valence-electron chi connectivity index (χ1n) is 5.28. The maximum Gasteiger partial charge on any atom is 0.373 e. The van der Waals surface area contributed by atoms with Crippen LogP contribution in [0.25, 0.3) is 11.3 Å². The molecule has 0 unspecified atom stereocenters. The molecule has 18 heavy (non-hydrogen) atoms. The number of esters is 1. The summed E-state index contributed by atoms with van der Waals surface area (Å²) >= 11 is 0. The predicted molar refractivity (Wildman–Crippen MR) is 64.3 cm³/mol. The molecule has 0 amide bonds. The van der Waals surface area contributed by atoms with Crippen LogP contribution in [0.2, 0.25) is 0 Å². The summed E-state index contributed by atoms with van der Waals surface area (Å²) in [4.78, 5) is 22.7. The van der Waals surface area contributed by atoms with Gasteiger partial charge in [0.1, 0.15) is 11.3 Å². The molecule has 0 N–H and O–H groups in total. The van der Waals surface area contributed by atoms with E-state index >= 15 is 0 Å². The van der Waals surface area contributed by atoms with Crippen molar-refractivity contribution < 1.29 is 14.1 Å². The van der Waals surface area contributed by atoms with Crippen LogP contribution in [-0.4, -0.2) is 18.2 Å². The smallest absolute Gasteiger partial charge is 0.373 e. The molecule has 2 aromatic rings. The van der Waals surface area contributed by atoms with Crippen molar-refractivity contribution in [3.63, 3.8) is 0 Å². The van der Waals surface area contributed by atoms with Crippen molar-refractivity contribution in [1.82, 2.24) is 5.16 Å². The van der Waals surface area contributed by atoms with Crippen LogP contribution in [-0.2, 0) is 4.74 Å². The number of carbonyl (C=O) groups is 1. The van der Waals surface area contributed by atoms with Crippen molar-refractivity contribution in [2.24, 2.45) is 0 Å². The summed E-state index contributed by atoms with van der Waals surface area (Å²) < 4.78 is 9.09. The summed E-state index contributed by atoms with van der Waals surface area (Å²) in [5.74, 6) is -0.737. The molecule has 0 fully saturated rings. The van der Waals surface area contributed by atoms with Crippen LogP contribution in [0.5, 0.6) is 0 Å². The number of hydrogen-bond acceptors (Lipinski definition) is 5. The molecule has 0 atom stereocenters. The Hall–Kier alpha value is -2.43. The standard InChI is InChI=1S/C13H11NO4/c1-8-3-5-9(6-4-8)11-7-10(12(15)17-2)13(16)18-14-11/h3-7H,1-2H3. The van der Waals surface area contributed by atoms with E-state index in [1.54, 1.807) is 0 Å². The topological polar surface area (TPSA) is 69.4 Å². The Labute approximate surface area is 103 Å². The van der Waals surface area contributed by atoms with Crippen LogP contribution in [0.15, 0.2) is 39.6 Å². The summed E-state index contributed by atoms with van der Waals surface area (Å²) in [7, 11) is 1.20. The van der Waals surface area contributed by atoms with E-state index in [1.807, 2.05) is 31.2 Å². The number of rotatable bonds is 2. The van der Waals surface area contributed by atoms with Crippen LogP contribution in [0, 0.1) is 6.92 Å². The van der Waals surface area contributed by atoms with Crippen LogP contribution < -0.4 is 5.63 Å². The van der Waals surface area contributed by atoms with Gasteiger partial charge in [-0.2, -0.15) is 0 Å². The van der Waals surface area contributed by atoms with E-state index in [0.717, 1.165) is 11.1 Å². The van der Waals surface area contributed by atoms with Gasteiger partial charge in [0, 0.05) is 5.56 Å². The Morgan fingerprint density at radius 3 is 2.56 bits per heavy atom. The molecule has 0 saturated heterocycles. The van der Waals surface area contributed by atoms with Gasteiger partial charge in [-0.05, 0) is 13.0 Å². The first-order chi connectivity index (χ1) is 8.61. The lowest BCUT2D eigenvalue weighted by molar-refractivity contribution is 0.0593. The molecule has 0 bridgehead atoms. The van der Waals surface area contributed by atoms with Crippen molar-refractivity contribution in [2.45, 2.75) is 6.92 Å². The summed E-state index contributed by atoms with van der Waals surface area (Å²) in [5, 5.41) is 3.66. The highest BCUT2D eigenvalue weighted by Gasteiger charge is 2.15. The van der Waals surface area contributed by atoms with E-state index in [9.17, 15) is 9.59 Å². The normalized spacial score (nSPS) is 10.1. The number of hydrogen-bond donors (Lipinski definition) is 0. The monoisotopic (exact) mass is 245 g/mol. The molecule has 92 valence electrons. The fourth-order valence-electron chi connectivity index (χ4n) is 1.47. The summed E-state index contributed by atoms with van der Waals surface area (Å²) in [6, 6.07) is 8.83. The molecule has 0 spiro atoms. The second-order valence-corrected chi connectivity index (χ2v) is 3.77. The predicted octanol–water partition coefficient (Wildman–Crippen LogP) is 1.80. The molecule has 0 aliphatic carbocycles. The highest BCUT2D eigenvalue weighted by molar-refractivity contribution is 5.89. The van der Waals surface area contributed by atoms with Gasteiger partial charge >= 0.3 is 11.6 Å². The maximum absolute atomic E-state index is 11.4. The third kappa shape index (κ3) is 2.29. The minimum absolute atomic E-state index is 0.164.